The van der Waals surface area contributed by atoms with Crippen LogP contribution < -0.4 is 9.64 Å². The molecule has 0 saturated carbocycles. The van der Waals surface area contributed by atoms with Gasteiger partial charge in [-0.05, 0) is 48.6 Å². The van der Waals surface area contributed by atoms with Gasteiger partial charge in [-0.2, -0.15) is 0 Å². The Morgan fingerprint density at radius 3 is 2.81 bits per heavy atom. The van der Waals surface area contributed by atoms with Gasteiger partial charge in [-0.25, -0.2) is 4.98 Å². The lowest BCUT2D eigenvalue weighted by Crippen LogP contribution is -2.36. The molecule has 2 aromatic rings. The summed E-state index contributed by atoms with van der Waals surface area (Å²) < 4.78 is 11.0. The van der Waals surface area contributed by atoms with Gasteiger partial charge in [0.2, 0.25) is 0 Å². The van der Waals surface area contributed by atoms with Crippen molar-refractivity contribution in [2.45, 2.75) is 19.8 Å². The van der Waals surface area contributed by atoms with E-state index in [9.17, 15) is 4.79 Å². The summed E-state index contributed by atoms with van der Waals surface area (Å²) >= 11 is 6.25. The Bertz CT molecular complexity index is 878. The first-order valence-corrected chi connectivity index (χ1v) is 9.63. The van der Waals surface area contributed by atoms with E-state index in [0.29, 0.717) is 24.8 Å². The van der Waals surface area contributed by atoms with Gasteiger partial charge in [0.05, 0.1) is 26.0 Å². The van der Waals surface area contributed by atoms with Gasteiger partial charge in [0.25, 0.3) is 0 Å². The average Bonchev–Trinajstić information content (AvgIpc) is 2.99. The Kier molecular flexibility index (Phi) is 5.06. The van der Waals surface area contributed by atoms with Crippen molar-refractivity contribution >= 4 is 23.1 Å². The van der Waals surface area contributed by atoms with Crippen LogP contribution in [-0.4, -0.2) is 44.2 Å². The molecule has 1 aliphatic carbocycles. The topological polar surface area (TPSA) is 51.7 Å². The summed E-state index contributed by atoms with van der Waals surface area (Å²) in [5, 5.41) is 0.482. The predicted octanol–water partition coefficient (Wildman–Crippen LogP) is 3.49. The van der Waals surface area contributed by atoms with Gasteiger partial charge in [0.1, 0.15) is 10.9 Å². The van der Waals surface area contributed by atoms with Crippen molar-refractivity contribution < 1.29 is 14.3 Å². The van der Waals surface area contributed by atoms with E-state index in [1.54, 1.807) is 13.3 Å². The number of carbonyl (C=O) groups is 1. The molecule has 0 spiro atoms. The van der Waals surface area contributed by atoms with Crippen LogP contribution in [-0.2, 0) is 17.6 Å². The zero-order chi connectivity index (χ0) is 19.0. The number of benzene rings is 1. The molecule has 1 aliphatic heterocycles. The molecular weight excluding hydrogens is 364 g/mol. The number of anilines is 1. The molecule has 0 radical (unpaired) electrons. The molecule has 0 bridgehead atoms. The molecule has 1 saturated heterocycles. The van der Waals surface area contributed by atoms with Gasteiger partial charge in [0.15, 0.2) is 5.78 Å². The quantitative estimate of drug-likeness (QED) is 0.753. The molecule has 142 valence electrons. The normalized spacial score (nSPS) is 19.3. The molecule has 27 heavy (non-hydrogen) atoms. The van der Waals surface area contributed by atoms with E-state index in [4.69, 9.17) is 21.1 Å². The largest absolute Gasteiger partial charge is 0.495 e. The zero-order valence-electron chi connectivity index (χ0n) is 15.6. The van der Waals surface area contributed by atoms with Crippen LogP contribution in [0.4, 0.5) is 5.69 Å². The van der Waals surface area contributed by atoms with Crippen molar-refractivity contribution in [1.82, 2.24) is 4.98 Å². The Labute approximate surface area is 164 Å². The van der Waals surface area contributed by atoms with E-state index >= 15 is 0 Å². The number of hydrogen-bond donors (Lipinski definition) is 0. The molecule has 4 rings (SSSR count). The number of aromatic nitrogens is 1. The summed E-state index contributed by atoms with van der Waals surface area (Å²) in [6.45, 7) is 5.06. The number of ketones is 1. The molecule has 0 amide bonds. The summed E-state index contributed by atoms with van der Waals surface area (Å²) in [7, 11) is 1.65. The molecule has 1 aromatic carbocycles. The van der Waals surface area contributed by atoms with Gasteiger partial charge in [0, 0.05) is 30.8 Å². The maximum atomic E-state index is 13.0. The lowest BCUT2D eigenvalue weighted by atomic mass is 9.96. The Balaban J connectivity index is 1.62. The minimum absolute atomic E-state index is 0.106. The van der Waals surface area contributed by atoms with Crippen LogP contribution in [0.5, 0.6) is 5.75 Å². The van der Waals surface area contributed by atoms with Crippen LogP contribution in [0, 0.1) is 12.8 Å². The van der Waals surface area contributed by atoms with E-state index < -0.39 is 0 Å². The Morgan fingerprint density at radius 2 is 2.07 bits per heavy atom. The summed E-state index contributed by atoms with van der Waals surface area (Å²) in [5.74, 6) is 0.806. The van der Waals surface area contributed by atoms with Crippen molar-refractivity contribution in [3.05, 3.63) is 51.8 Å². The highest BCUT2D eigenvalue weighted by Crippen LogP contribution is 2.39. The minimum Gasteiger partial charge on any atom is -0.495 e. The van der Waals surface area contributed by atoms with Crippen molar-refractivity contribution in [3.8, 4) is 5.75 Å². The Hall–Kier alpha value is -2.11. The lowest BCUT2D eigenvalue weighted by Gasteiger charge is -2.30. The van der Waals surface area contributed by atoms with Crippen molar-refractivity contribution in [2.24, 2.45) is 5.92 Å². The third kappa shape index (κ3) is 3.54. The molecule has 1 fully saturated rings. The highest BCUT2D eigenvalue weighted by Gasteiger charge is 2.33. The van der Waals surface area contributed by atoms with E-state index in [-0.39, 0.29) is 11.7 Å². The van der Waals surface area contributed by atoms with Crippen LogP contribution in [0.3, 0.4) is 0 Å². The maximum absolute atomic E-state index is 13.0. The number of carbonyl (C=O) groups excluding carboxylic acids is 1. The number of halogens is 1. The van der Waals surface area contributed by atoms with Gasteiger partial charge >= 0.3 is 0 Å². The molecular formula is C21H23ClN2O3. The fourth-order valence-electron chi connectivity index (χ4n) is 3.99. The molecule has 6 heteroatoms. The fourth-order valence-corrected chi connectivity index (χ4v) is 4.17. The minimum atomic E-state index is -0.106. The van der Waals surface area contributed by atoms with E-state index in [0.717, 1.165) is 53.2 Å². The number of pyridine rings is 1. The lowest BCUT2D eigenvalue weighted by molar-refractivity contribution is 0.0936. The third-order valence-electron chi connectivity index (χ3n) is 5.37. The van der Waals surface area contributed by atoms with Crippen LogP contribution >= 0.6 is 11.6 Å². The molecule has 1 unspecified atom stereocenters. The summed E-state index contributed by atoms with van der Waals surface area (Å²) in [6.07, 6.45) is 3.08. The van der Waals surface area contributed by atoms with Crippen molar-refractivity contribution in [2.75, 3.05) is 38.3 Å². The first-order valence-electron chi connectivity index (χ1n) is 9.25. The first kappa shape index (κ1) is 18.3. The van der Waals surface area contributed by atoms with Gasteiger partial charge in [-0.15, -0.1) is 0 Å². The summed E-state index contributed by atoms with van der Waals surface area (Å²) in [5.41, 5.74) is 4.88. The first-order chi connectivity index (χ1) is 13.1. The molecule has 0 N–H and O–H groups in total. The van der Waals surface area contributed by atoms with Crippen molar-refractivity contribution in [3.63, 3.8) is 0 Å². The third-order valence-corrected chi connectivity index (χ3v) is 5.71. The number of methoxy groups -OCH3 is 1. The maximum Gasteiger partial charge on any atom is 0.167 e. The number of fused-ring (bicyclic) bond motifs is 1. The standard InChI is InChI=1S/C21H23ClN2O3/c1-13-7-16(21(22)23-12-13)9-15-8-14-10-18(24-3-5-27-6-4-24)19(26-2)11-17(14)20(15)25/h7,10-12,15H,3-6,8-9H2,1-2H3. The number of ether oxygens (including phenoxy) is 2. The highest BCUT2D eigenvalue weighted by atomic mass is 35.5. The molecule has 2 heterocycles. The number of Topliss-reactive ketones (excluding diaryl/α,β-unsaturated/α-hetero) is 1. The zero-order valence-corrected chi connectivity index (χ0v) is 16.4. The fraction of sp³-hybridized carbons (Fsp3) is 0.429. The second-order valence-corrected chi connectivity index (χ2v) is 7.57. The highest BCUT2D eigenvalue weighted by molar-refractivity contribution is 6.30. The Morgan fingerprint density at radius 1 is 1.30 bits per heavy atom. The number of nitrogens with zero attached hydrogens (tertiary/aromatic N) is 2. The number of rotatable bonds is 4. The van der Waals surface area contributed by atoms with Crippen LogP contribution in [0.2, 0.25) is 5.15 Å². The van der Waals surface area contributed by atoms with E-state index in [1.807, 2.05) is 19.1 Å². The van der Waals surface area contributed by atoms with E-state index in [2.05, 4.69) is 16.0 Å². The molecule has 5 nitrogen and oxygen atoms in total. The number of hydrogen-bond acceptors (Lipinski definition) is 5. The molecule has 1 aromatic heterocycles. The van der Waals surface area contributed by atoms with E-state index in [1.165, 1.54) is 0 Å². The predicted molar refractivity (Wildman–Crippen MR) is 105 cm³/mol. The van der Waals surface area contributed by atoms with Crippen molar-refractivity contribution in [1.29, 1.82) is 0 Å². The van der Waals surface area contributed by atoms with Crippen LogP contribution in [0.15, 0.2) is 24.4 Å². The second kappa shape index (κ2) is 7.49. The SMILES string of the molecule is COc1cc2c(cc1N1CCOCC1)CC(Cc1cc(C)cnc1Cl)C2=O. The smallest absolute Gasteiger partial charge is 0.167 e. The van der Waals surface area contributed by atoms with Gasteiger partial charge < -0.3 is 14.4 Å². The van der Waals surface area contributed by atoms with Crippen LogP contribution in [0.1, 0.15) is 27.0 Å². The molecule has 1 atom stereocenters. The second-order valence-electron chi connectivity index (χ2n) is 7.21. The number of aryl methyl sites for hydroxylation is 1. The monoisotopic (exact) mass is 386 g/mol. The number of morpholine rings is 1. The van der Waals surface area contributed by atoms with Crippen LogP contribution in [0.25, 0.3) is 0 Å². The summed E-state index contributed by atoms with van der Waals surface area (Å²) in [6, 6.07) is 6.04. The molecule has 2 aliphatic rings. The average molecular weight is 387 g/mol. The summed E-state index contributed by atoms with van der Waals surface area (Å²) in [4.78, 5) is 19.5. The van der Waals surface area contributed by atoms with Gasteiger partial charge in [-0.1, -0.05) is 17.7 Å². The van der Waals surface area contributed by atoms with Gasteiger partial charge in [-0.3, -0.25) is 4.79 Å².